The second-order valence-electron chi connectivity index (χ2n) is 13.0. The van der Waals surface area contributed by atoms with Crippen LogP contribution < -0.4 is 0 Å². The van der Waals surface area contributed by atoms with Crippen molar-refractivity contribution >= 4 is 11.9 Å². The maximum absolute atomic E-state index is 12.5. The molecule has 4 rings (SSSR count). The summed E-state index contributed by atoms with van der Waals surface area (Å²) in [5.74, 6) is -0.558. The molecule has 0 heterocycles. The third-order valence-electron chi connectivity index (χ3n) is 10.8. The van der Waals surface area contributed by atoms with Crippen LogP contribution in [0.15, 0.2) is 22.8 Å². The van der Waals surface area contributed by atoms with Gasteiger partial charge in [0, 0.05) is 12.5 Å². The van der Waals surface area contributed by atoms with E-state index in [2.05, 4.69) is 20.8 Å². The molecule has 10 atom stereocenters. The molecular formula is C30H46O6. The number of ether oxygens (including phenoxy) is 1. The van der Waals surface area contributed by atoms with Gasteiger partial charge in [0.25, 0.3) is 0 Å². The average molecular weight is 503 g/mol. The number of carbonyl (C=O) groups is 2. The molecule has 0 bridgehead atoms. The first-order valence-electron chi connectivity index (χ1n) is 13.9. The van der Waals surface area contributed by atoms with Crippen LogP contribution in [0.3, 0.4) is 0 Å². The van der Waals surface area contributed by atoms with Gasteiger partial charge in [-0.2, -0.15) is 0 Å². The minimum atomic E-state index is -0.948. The Hall–Kier alpha value is -1.66. The van der Waals surface area contributed by atoms with E-state index in [1.54, 1.807) is 0 Å². The second kappa shape index (κ2) is 9.90. The molecule has 0 amide bonds. The lowest BCUT2D eigenvalue weighted by Gasteiger charge is -2.64. The van der Waals surface area contributed by atoms with Gasteiger partial charge in [-0.05, 0) is 111 Å². The highest BCUT2D eigenvalue weighted by molar-refractivity contribution is 5.88. The molecule has 4 saturated carbocycles. The van der Waals surface area contributed by atoms with Gasteiger partial charge in [-0.25, -0.2) is 4.79 Å². The predicted octanol–water partition coefficient (Wildman–Crippen LogP) is 5.28. The van der Waals surface area contributed by atoms with Gasteiger partial charge >= 0.3 is 11.9 Å². The topological polar surface area (TPSA) is 104 Å². The molecule has 0 spiro atoms. The summed E-state index contributed by atoms with van der Waals surface area (Å²) >= 11 is 0. The van der Waals surface area contributed by atoms with Crippen LogP contribution in [0.2, 0.25) is 0 Å². The molecule has 0 aromatic heterocycles. The monoisotopic (exact) mass is 502 g/mol. The molecule has 2 unspecified atom stereocenters. The van der Waals surface area contributed by atoms with Crippen LogP contribution in [0.1, 0.15) is 92.9 Å². The van der Waals surface area contributed by atoms with Gasteiger partial charge in [0.2, 0.25) is 0 Å². The number of carboxylic acid groups (broad SMARTS) is 1. The Balaban J connectivity index is 1.77. The summed E-state index contributed by atoms with van der Waals surface area (Å²) in [5, 5.41) is 32.6. The Labute approximate surface area is 216 Å². The molecule has 3 N–H and O–H groups in total. The van der Waals surface area contributed by atoms with E-state index in [1.807, 2.05) is 19.9 Å². The maximum atomic E-state index is 12.5. The molecule has 202 valence electrons. The van der Waals surface area contributed by atoms with E-state index in [-0.39, 0.29) is 40.6 Å². The molecule has 6 heteroatoms. The highest BCUT2D eigenvalue weighted by Gasteiger charge is 2.66. The Morgan fingerprint density at radius 2 is 1.69 bits per heavy atom. The Morgan fingerprint density at radius 3 is 2.31 bits per heavy atom. The minimum Gasteiger partial charge on any atom is -0.478 e. The van der Waals surface area contributed by atoms with Crippen molar-refractivity contribution < 1.29 is 29.6 Å². The largest absolute Gasteiger partial charge is 0.478 e. The molecule has 0 aromatic rings. The number of aliphatic hydroxyl groups excluding tert-OH is 2. The average Bonchev–Trinajstić information content (AvgIpc) is 3.04. The second-order valence-corrected chi connectivity index (χ2v) is 13.0. The van der Waals surface area contributed by atoms with Crippen LogP contribution in [0, 0.1) is 40.4 Å². The van der Waals surface area contributed by atoms with Gasteiger partial charge in [-0.15, -0.1) is 0 Å². The zero-order valence-corrected chi connectivity index (χ0v) is 22.9. The van der Waals surface area contributed by atoms with E-state index in [4.69, 9.17) is 4.74 Å². The van der Waals surface area contributed by atoms with Crippen LogP contribution in [0.5, 0.6) is 0 Å². The van der Waals surface area contributed by atoms with Crippen molar-refractivity contribution in [2.75, 3.05) is 0 Å². The van der Waals surface area contributed by atoms with Crippen LogP contribution in [-0.2, 0) is 14.3 Å². The smallest absolute Gasteiger partial charge is 0.331 e. The summed E-state index contributed by atoms with van der Waals surface area (Å²) in [6, 6.07) is 0. The van der Waals surface area contributed by atoms with Crippen LogP contribution in [0.25, 0.3) is 0 Å². The fourth-order valence-electron chi connectivity index (χ4n) is 9.24. The summed E-state index contributed by atoms with van der Waals surface area (Å²) in [6.07, 6.45) is 6.42. The number of aliphatic carboxylic acids is 1. The summed E-state index contributed by atoms with van der Waals surface area (Å²) in [7, 11) is 0. The lowest BCUT2D eigenvalue weighted by Crippen LogP contribution is -2.61. The fourth-order valence-corrected chi connectivity index (χ4v) is 9.24. The number of allylic oxidation sites excluding steroid dienone is 2. The van der Waals surface area contributed by atoms with Gasteiger partial charge < -0.3 is 20.1 Å². The lowest BCUT2D eigenvalue weighted by atomic mass is 9.42. The van der Waals surface area contributed by atoms with E-state index in [9.17, 15) is 24.9 Å². The van der Waals surface area contributed by atoms with Crippen molar-refractivity contribution in [3.63, 3.8) is 0 Å². The predicted molar refractivity (Wildman–Crippen MR) is 138 cm³/mol. The third-order valence-corrected chi connectivity index (χ3v) is 10.8. The van der Waals surface area contributed by atoms with Gasteiger partial charge in [-0.1, -0.05) is 32.4 Å². The van der Waals surface area contributed by atoms with Crippen molar-refractivity contribution in [1.82, 2.24) is 0 Å². The number of carboxylic acids is 1. The molecule has 0 radical (unpaired) electrons. The zero-order chi connectivity index (χ0) is 26.6. The highest BCUT2D eigenvalue weighted by atomic mass is 16.5. The summed E-state index contributed by atoms with van der Waals surface area (Å²) < 4.78 is 5.83. The van der Waals surface area contributed by atoms with Crippen molar-refractivity contribution in [3.8, 4) is 0 Å². The highest BCUT2D eigenvalue weighted by Crippen LogP contribution is 2.69. The number of hydrogen-bond donors (Lipinski definition) is 3. The number of rotatable bonds is 5. The number of hydrogen-bond acceptors (Lipinski definition) is 5. The quantitative estimate of drug-likeness (QED) is 0.269. The molecule has 0 aliphatic heterocycles. The van der Waals surface area contributed by atoms with E-state index in [0.717, 1.165) is 36.8 Å². The molecule has 6 nitrogen and oxygen atoms in total. The normalized spacial score (nSPS) is 45.1. The van der Waals surface area contributed by atoms with Gasteiger partial charge in [0.05, 0.1) is 12.2 Å². The van der Waals surface area contributed by atoms with Gasteiger partial charge in [0.1, 0.15) is 6.10 Å². The van der Waals surface area contributed by atoms with Crippen molar-refractivity contribution in [3.05, 3.63) is 22.8 Å². The van der Waals surface area contributed by atoms with Gasteiger partial charge in [-0.3, -0.25) is 4.79 Å². The van der Waals surface area contributed by atoms with E-state index in [0.29, 0.717) is 37.2 Å². The Kier molecular flexibility index (Phi) is 7.53. The molecular weight excluding hydrogens is 456 g/mol. The standard InChI is InChI=1S/C30H46O6/c1-16(2)8-7-9-19(28(34)35)26-22-14-24(33)27-21(30(22,6)15-25(26)36-18(4)31)11-10-20-17(3)23(32)12-13-29(20,27)5/h8,17,20-25,27,32-33H,7,9-15H2,1-6H3,(H,34,35)/b26-19+/t17-,20-,21?,22-,23+,24+,25?,27+,29-,30+/m0/s1. The van der Waals surface area contributed by atoms with Crippen molar-refractivity contribution in [1.29, 1.82) is 0 Å². The van der Waals surface area contributed by atoms with E-state index >= 15 is 0 Å². The first kappa shape index (κ1) is 27.4. The third kappa shape index (κ3) is 4.47. The van der Waals surface area contributed by atoms with Crippen molar-refractivity contribution in [2.45, 2.75) is 111 Å². The maximum Gasteiger partial charge on any atom is 0.331 e. The lowest BCUT2D eigenvalue weighted by molar-refractivity contribution is -0.191. The van der Waals surface area contributed by atoms with Crippen LogP contribution >= 0.6 is 0 Å². The summed E-state index contributed by atoms with van der Waals surface area (Å²) in [5.41, 5.74) is 1.93. The van der Waals surface area contributed by atoms with Gasteiger partial charge in [0.15, 0.2) is 0 Å². The number of fused-ring (bicyclic) bond motifs is 5. The fraction of sp³-hybridized carbons (Fsp3) is 0.800. The summed E-state index contributed by atoms with van der Waals surface area (Å²) in [4.78, 5) is 24.7. The number of esters is 1. The minimum absolute atomic E-state index is 0.0581. The first-order chi connectivity index (χ1) is 16.8. The molecule has 36 heavy (non-hydrogen) atoms. The van der Waals surface area contributed by atoms with Crippen LogP contribution in [-0.4, -0.2) is 45.6 Å². The number of carbonyl (C=O) groups excluding carboxylic acids is 1. The van der Waals surface area contributed by atoms with E-state index in [1.165, 1.54) is 6.92 Å². The molecule has 4 fully saturated rings. The Bertz CT molecular complexity index is 947. The SMILES string of the molecule is CC(=O)OC1C[C@]2(C)C3CC[C@H]4[C@H](C)[C@H](O)CC[C@]4(C)[C@H]3[C@H](O)C[C@H]2/C1=C(/CCC=C(C)C)C(=O)O. The zero-order valence-electron chi connectivity index (χ0n) is 22.9. The molecule has 4 aliphatic carbocycles. The summed E-state index contributed by atoms with van der Waals surface area (Å²) in [6.45, 7) is 12.1. The molecule has 4 aliphatic rings. The van der Waals surface area contributed by atoms with E-state index < -0.39 is 24.1 Å². The first-order valence-corrected chi connectivity index (χ1v) is 13.9. The Morgan fingerprint density at radius 1 is 1.03 bits per heavy atom. The molecule has 0 saturated heterocycles. The molecule has 0 aromatic carbocycles. The number of aliphatic hydroxyl groups is 2. The van der Waals surface area contributed by atoms with Crippen molar-refractivity contribution in [2.24, 2.45) is 40.4 Å². The van der Waals surface area contributed by atoms with Crippen LogP contribution in [0.4, 0.5) is 0 Å².